The first kappa shape index (κ1) is 18.8. The lowest BCUT2D eigenvalue weighted by molar-refractivity contribution is -0.133. The summed E-state index contributed by atoms with van der Waals surface area (Å²) in [6.07, 6.45) is -0.740. The van der Waals surface area contributed by atoms with Crippen LogP contribution in [0.1, 0.15) is 26.3 Å². The van der Waals surface area contributed by atoms with Gasteiger partial charge in [0.15, 0.2) is 5.75 Å². The molecule has 0 unspecified atom stereocenters. The number of ether oxygens (including phenoxy) is 2. The van der Waals surface area contributed by atoms with Gasteiger partial charge >= 0.3 is 17.7 Å². The lowest BCUT2D eigenvalue weighted by Gasteiger charge is -2.19. The van der Waals surface area contributed by atoms with Crippen molar-refractivity contribution in [1.29, 1.82) is 0 Å². The maximum absolute atomic E-state index is 11.9. The Hall–Kier alpha value is -2.54. The van der Waals surface area contributed by atoms with Crippen LogP contribution in [0, 0.1) is 6.92 Å². The number of halogens is 1. The van der Waals surface area contributed by atoms with Crippen LogP contribution in [0.4, 0.5) is 4.79 Å². The summed E-state index contributed by atoms with van der Waals surface area (Å²) in [5.74, 6) is -0.721. The minimum Gasteiger partial charge on any atom is -0.444 e. The molecule has 134 valence electrons. The Bertz CT molecular complexity index is 881. The summed E-state index contributed by atoms with van der Waals surface area (Å²) in [7, 11) is 0. The molecule has 2 rings (SSSR count). The highest BCUT2D eigenvalue weighted by molar-refractivity contribution is 6.33. The summed E-state index contributed by atoms with van der Waals surface area (Å²) >= 11 is 6.10. The average molecular weight is 368 g/mol. The second-order valence-corrected chi connectivity index (χ2v) is 6.76. The molecule has 1 heterocycles. The van der Waals surface area contributed by atoms with Gasteiger partial charge < -0.3 is 19.2 Å². The van der Waals surface area contributed by atoms with Crippen molar-refractivity contribution in [3.63, 3.8) is 0 Å². The molecule has 1 aromatic carbocycles. The van der Waals surface area contributed by atoms with Crippen molar-refractivity contribution >= 4 is 34.6 Å². The summed E-state index contributed by atoms with van der Waals surface area (Å²) in [5.41, 5.74) is -0.253. The number of aryl methyl sites for hydroxylation is 1. The standard InChI is InChI=1S/C17H18ClNO6/c1-9-5-14(20)23-12-7-13(11(18)6-10(9)12)24-15(21)8-19-16(22)25-17(2,3)4/h5-7H,8H2,1-4H3,(H,19,22). The number of fused-ring (bicyclic) bond motifs is 1. The molecule has 2 aromatic rings. The van der Waals surface area contributed by atoms with Crippen LogP contribution < -0.4 is 15.7 Å². The highest BCUT2D eigenvalue weighted by atomic mass is 35.5. The molecule has 0 atom stereocenters. The fourth-order valence-electron chi connectivity index (χ4n) is 2.02. The van der Waals surface area contributed by atoms with Crippen LogP contribution in [0.2, 0.25) is 5.02 Å². The van der Waals surface area contributed by atoms with Gasteiger partial charge in [-0.25, -0.2) is 14.4 Å². The van der Waals surface area contributed by atoms with Crippen molar-refractivity contribution < 1.29 is 23.5 Å². The molecule has 0 aliphatic carbocycles. The molecule has 0 saturated carbocycles. The van der Waals surface area contributed by atoms with E-state index in [2.05, 4.69) is 5.32 Å². The molecule has 0 radical (unpaired) electrons. The summed E-state index contributed by atoms with van der Waals surface area (Å²) in [5, 5.41) is 3.09. The molecule has 0 bridgehead atoms. The first-order valence-electron chi connectivity index (χ1n) is 7.47. The van der Waals surface area contributed by atoms with Crippen LogP contribution in [-0.2, 0) is 9.53 Å². The molecular formula is C17H18ClNO6. The number of amides is 1. The van der Waals surface area contributed by atoms with Gasteiger partial charge in [-0.05, 0) is 39.3 Å². The number of nitrogens with one attached hydrogen (secondary N) is 1. The van der Waals surface area contributed by atoms with E-state index in [0.717, 1.165) is 0 Å². The van der Waals surface area contributed by atoms with E-state index in [1.54, 1.807) is 33.8 Å². The Morgan fingerprint density at radius 3 is 2.56 bits per heavy atom. The van der Waals surface area contributed by atoms with Crippen LogP contribution in [0.15, 0.2) is 27.4 Å². The van der Waals surface area contributed by atoms with Crippen molar-refractivity contribution in [2.75, 3.05) is 6.54 Å². The Morgan fingerprint density at radius 2 is 1.92 bits per heavy atom. The molecule has 7 nitrogen and oxygen atoms in total. The van der Waals surface area contributed by atoms with Gasteiger partial charge in [-0.3, -0.25) is 0 Å². The van der Waals surface area contributed by atoms with Crippen molar-refractivity contribution in [3.8, 4) is 5.75 Å². The van der Waals surface area contributed by atoms with Crippen molar-refractivity contribution in [2.24, 2.45) is 0 Å². The molecule has 1 N–H and O–H groups in total. The number of benzene rings is 1. The maximum atomic E-state index is 11.9. The van der Waals surface area contributed by atoms with Crippen LogP contribution in [0.3, 0.4) is 0 Å². The van der Waals surface area contributed by atoms with E-state index < -0.39 is 29.8 Å². The van der Waals surface area contributed by atoms with Gasteiger partial charge in [-0.1, -0.05) is 11.6 Å². The highest BCUT2D eigenvalue weighted by Crippen LogP contribution is 2.31. The van der Waals surface area contributed by atoms with Crippen molar-refractivity contribution in [3.05, 3.63) is 39.2 Å². The van der Waals surface area contributed by atoms with Crippen LogP contribution >= 0.6 is 11.6 Å². The fraction of sp³-hybridized carbons (Fsp3) is 0.353. The molecule has 0 saturated heterocycles. The van der Waals surface area contributed by atoms with E-state index >= 15 is 0 Å². The monoisotopic (exact) mass is 367 g/mol. The number of carbonyl (C=O) groups is 2. The molecule has 0 spiro atoms. The minimum atomic E-state index is -0.748. The molecule has 1 amide bonds. The van der Waals surface area contributed by atoms with E-state index in [4.69, 9.17) is 25.5 Å². The molecule has 0 aliphatic heterocycles. The number of carbonyl (C=O) groups excluding carboxylic acids is 2. The first-order chi connectivity index (χ1) is 11.5. The Labute approximate surface area is 148 Å². The second kappa shape index (κ2) is 7.14. The minimum absolute atomic E-state index is 0.0268. The van der Waals surface area contributed by atoms with Gasteiger partial charge in [0.2, 0.25) is 0 Å². The summed E-state index contributed by atoms with van der Waals surface area (Å²) < 4.78 is 15.2. The smallest absolute Gasteiger partial charge is 0.408 e. The Kier molecular flexibility index (Phi) is 5.37. The lowest BCUT2D eigenvalue weighted by atomic mass is 10.1. The van der Waals surface area contributed by atoms with Gasteiger partial charge in [0.1, 0.15) is 17.7 Å². The van der Waals surface area contributed by atoms with E-state index in [1.165, 1.54) is 12.1 Å². The third kappa shape index (κ3) is 5.22. The molecule has 0 aliphatic rings. The van der Waals surface area contributed by atoms with Crippen LogP contribution in [0.25, 0.3) is 11.0 Å². The molecular weight excluding hydrogens is 350 g/mol. The fourth-order valence-corrected chi connectivity index (χ4v) is 2.22. The van der Waals surface area contributed by atoms with Gasteiger partial charge in [0.25, 0.3) is 0 Å². The zero-order valence-corrected chi connectivity index (χ0v) is 15.0. The van der Waals surface area contributed by atoms with Crippen LogP contribution in [0.5, 0.6) is 5.75 Å². The van der Waals surface area contributed by atoms with Gasteiger partial charge in [-0.15, -0.1) is 0 Å². The highest BCUT2D eigenvalue weighted by Gasteiger charge is 2.18. The number of hydrogen-bond acceptors (Lipinski definition) is 6. The summed E-state index contributed by atoms with van der Waals surface area (Å²) in [6, 6.07) is 4.24. The largest absolute Gasteiger partial charge is 0.444 e. The van der Waals surface area contributed by atoms with Crippen LogP contribution in [-0.4, -0.2) is 24.2 Å². The van der Waals surface area contributed by atoms with Gasteiger partial charge in [-0.2, -0.15) is 0 Å². The lowest BCUT2D eigenvalue weighted by Crippen LogP contribution is -2.36. The maximum Gasteiger partial charge on any atom is 0.408 e. The predicted octanol–water partition coefficient (Wildman–Crippen LogP) is 3.18. The third-order valence-corrected chi connectivity index (χ3v) is 3.30. The quantitative estimate of drug-likeness (QED) is 0.508. The molecule has 8 heteroatoms. The number of esters is 1. The zero-order chi connectivity index (χ0) is 18.8. The normalized spacial score (nSPS) is 11.2. The second-order valence-electron chi connectivity index (χ2n) is 6.36. The molecule has 25 heavy (non-hydrogen) atoms. The molecule has 1 aromatic heterocycles. The van der Waals surface area contributed by atoms with E-state index in [9.17, 15) is 14.4 Å². The van der Waals surface area contributed by atoms with Crippen molar-refractivity contribution in [1.82, 2.24) is 5.32 Å². The number of hydrogen-bond donors (Lipinski definition) is 1. The van der Waals surface area contributed by atoms with E-state index in [-0.39, 0.29) is 16.4 Å². The predicted molar refractivity (Wildman–Crippen MR) is 92.1 cm³/mol. The Morgan fingerprint density at radius 1 is 1.24 bits per heavy atom. The number of rotatable bonds is 3. The summed E-state index contributed by atoms with van der Waals surface area (Å²) in [4.78, 5) is 34.8. The first-order valence-corrected chi connectivity index (χ1v) is 7.84. The number of alkyl carbamates (subject to hydrolysis) is 1. The zero-order valence-electron chi connectivity index (χ0n) is 14.3. The van der Waals surface area contributed by atoms with Crippen molar-refractivity contribution in [2.45, 2.75) is 33.3 Å². The van der Waals surface area contributed by atoms with E-state index in [1.807, 2.05) is 0 Å². The third-order valence-electron chi connectivity index (χ3n) is 3.00. The van der Waals surface area contributed by atoms with Gasteiger partial charge in [0, 0.05) is 17.5 Å². The topological polar surface area (TPSA) is 94.8 Å². The average Bonchev–Trinajstić information content (AvgIpc) is 2.45. The molecule has 0 fully saturated rings. The SMILES string of the molecule is Cc1cc(=O)oc2cc(OC(=O)CNC(=O)OC(C)(C)C)c(Cl)cc12. The van der Waals surface area contributed by atoms with E-state index in [0.29, 0.717) is 10.9 Å². The Balaban J connectivity index is 2.09. The van der Waals surface area contributed by atoms with Gasteiger partial charge in [0.05, 0.1) is 5.02 Å². The summed E-state index contributed by atoms with van der Waals surface area (Å²) in [6.45, 7) is 6.45.